The van der Waals surface area contributed by atoms with Crippen LogP contribution in [-0.4, -0.2) is 28.3 Å². The van der Waals surface area contributed by atoms with E-state index in [2.05, 4.69) is 24.0 Å². The summed E-state index contributed by atoms with van der Waals surface area (Å²) in [5.74, 6) is 0.135. The Bertz CT molecular complexity index is 576. The van der Waals surface area contributed by atoms with E-state index in [4.69, 9.17) is 0 Å². The minimum absolute atomic E-state index is 0.227. The molecule has 1 aliphatic heterocycles. The number of hydrogen-bond donors (Lipinski definition) is 0. The molecular weight excluding hydrogens is 229 g/mol. The summed E-state index contributed by atoms with van der Waals surface area (Å²) in [6, 6.07) is 6.79. The molecule has 1 aromatic heterocycles. The second-order valence-corrected chi connectivity index (χ2v) is 5.02. The molecule has 2 aromatic rings. The predicted molar refractivity (Wildman–Crippen MR) is 68.3 cm³/mol. The normalized spacial score (nSPS) is 19.8. The van der Waals surface area contributed by atoms with E-state index < -0.39 is 0 Å². The van der Waals surface area contributed by atoms with Crippen LogP contribution in [0.15, 0.2) is 30.5 Å². The fraction of sp³-hybridized carbons (Fsp3) is 0.357. The SMILES string of the molecule is CC1CN(C)Cc2cnn(-c3ccccc3F)c21. The minimum Gasteiger partial charge on any atom is -0.301 e. The first kappa shape index (κ1) is 11.4. The quantitative estimate of drug-likeness (QED) is 0.770. The lowest BCUT2D eigenvalue weighted by molar-refractivity contribution is 0.284. The zero-order chi connectivity index (χ0) is 12.7. The third-order valence-electron chi connectivity index (χ3n) is 3.46. The van der Waals surface area contributed by atoms with E-state index in [0.29, 0.717) is 11.6 Å². The van der Waals surface area contributed by atoms with Crippen LogP contribution < -0.4 is 0 Å². The number of aromatic nitrogens is 2. The van der Waals surface area contributed by atoms with E-state index in [1.165, 1.54) is 11.6 Å². The Labute approximate surface area is 106 Å². The standard InChI is InChI=1S/C14H16FN3/c1-10-8-17(2)9-11-7-16-18(14(10)11)13-6-4-3-5-12(13)15/h3-7,10H,8-9H2,1-2H3. The Kier molecular flexibility index (Phi) is 2.67. The van der Waals surface area contributed by atoms with Crippen LogP contribution in [0.3, 0.4) is 0 Å². The van der Waals surface area contributed by atoms with Gasteiger partial charge in [-0.2, -0.15) is 5.10 Å². The van der Waals surface area contributed by atoms with Crippen molar-refractivity contribution in [3.8, 4) is 5.69 Å². The summed E-state index contributed by atoms with van der Waals surface area (Å²) < 4.78 is 15.6. The number of likely N-dealkylation sites (N-methyl/N-ethyl adjacent to an activating group) is 1. The van der Waals surface area contributed by atoms with Gasteiger partial charge in [0.15, 0.2) is 0 Å². The second kappa shape index (κ2) is 4.21. The van der Waals surface area contributed by atoms with Crippen LogP contribution in [0.2, 0.25) is 0 Å². The van der Waals surface area contributed by atoms with Crippen molar-refractivity contribution in [2.45, 2.75) is 19.4 Å². The lowest BCUT2D eigenvalue weighted by atomic mass is 9.98. The Morgan fingerprint density at radius 3 is 2.89 bits per heavy atom. The second-order valence-electron chi connectivity index (χ2n) is 5.02. The molecule has 3 nitrogen and oxygen atoms in total. The van der Waals surface area contributed by atoms with E-state index in [0.717, 1.165) is 18.8 Å². The average molecular weight is 245 g/mol. The molecule has 0 aliphatic carbocycles. The molecule has 1 atom stereocenters. The molecule has 18 heavy (non-hydrogen) atoms. The summed E-state index contributed by atoms with van der Waals surface area (Å²) in [6.07, 6.45) is 1.86. The molecule has 0 spiro atoms. The van der Waals surface area contributed by atoms with Crippen LogP contribution in [0.1, 0.15) is 24.1 Å². The molecule has 1 aromatic carbocycles. The maximum Gasteiger partial charge on any atom is 0.148 e. The van der Waals surface area contributed by atoms with Crippen LogP contribution in [-0.2, 0) is 6.54 Å². The Hall–Kier alpha value is -1.68. The van der Waals surface area contributed by atoms with E-state index in [1.807, 2.05) is 12.3 Å². The van der Waals surface area contributed by atoms with Gasteiger partial charge in [-0.05, 0) is 19.2 Å². The van der Waals surface area contributed by atoms with Crippen LogP contribution in [0, 0.1) is 5.82 Å². The van der Waals surface area contributed by atoms with Crippen molar-refractivity contribution in [3.05, 3.63) is 47.5 Å². The zero-order valence-electron chi connectivity index (χ0n) is 10.6. The summed E-state index contributed by atoms with van der Waals surface area (Å²) in [4.78, 5) is 2.26. The van der Waals surface area contributed by atoms with Gasteiger partial charge >= 0.3 is 0 Å². The van der Waals surface area contributed by atoms with Crippen molar-refractivity contribution < 1.29 is 4.39 Å². The molecular formula is C14H16FN3. The van der Waals surface area contributed by atoms with Crippen LogP contribution in [0.4, 0.5) is 4.39 Å². The highest BCUT2D eigenvalue weighted by Gasteiger charge is 2.25. The highest BCUT2D eigenvalue weighted by atomic mass is 19.1. The number of hydrogen-bond acceptors (Lipinski definition) is 2. The zero-order valence-corrected chi connectivity index (χ0v) is 10.6. The highest BCUT2D eigenvalue weighted by molar-refractivity contribution is 5.38. The topological polar surface area (TPSA) is 21.1 Å². The van der Waals surface area contributed by atoms with Crippen molar-refractivity contribution in [2.75, 3.05) is 13.6 Å². The number of fused-ring (bicyclic) bond motifs is 1. The van der Waals surface area contributed by atoms with Gasteiger partial charge in [-0.25, -0.2) is 9.07 Å². The van der Waals surface area contributed by atoms with Crippen molar-refractivity contribution in [2.24, 2.45) is 0 Å². The molecule has 0 bridgehead atoms. The van der Waals surface area contributed by atoms with E-state index >= 15 is 0 Å². The van der Waals surface area contributed by atoms with Crippen molar-refractivity contribution in [1.29, 1.82) is 0 Å². The maximum atomic E-state index is 13.9. The summed E-state index contributed by atoms with van der Waals surface area (Å²) in [5, 5.41) is 4.36. The third kappa shape index (κ3) is 1.73. The maximum absolute atomic E-state index is 13.9. The summed E-state index contributed by atoms with van der Waals surface area (Å²) in [7, 11) is 2.10. The molecule has 0 saturated heterocycles. The molecule has 1 unspecified atom stereocenters. The van der Waals surface area contributed by atoms with Crippen molar-refractivity contribution in [1.82, 2.24) is 14.7 Å². The number of para-hydroxylation sites is 1. The van der Waals surface area contributed by atoms with Gasteiger partial charge in [-0.3, -0.25) is 0 Å². The molecule has 3 rings (SSSR count). The smallest absolute Gasteiger partial charge is 0.148 e. The Morgan fingerprint density at radius 2 is 2.11 bits per heavy atom. The molecule has 0 saturated carbocycles. The summed E-state index contributed by atoms with van der Waals surface area (Å²) in [6.45, 7) is 4.02. The Morgan fingerprint density at radius 1 is 1.33 bits per heavy atom. The van der Waals surface area contributed by atoms with Gasteiger partial charge in [-0.15, -0.1) is 0 Å². The van der Waals surface area contributed by atoms with Crippen LogP contribution in [0.5, 0.6) is 0 Å². The lowest BCUT2D eigenvalue weighted by Crippen LogP contribution is -2.30. The largest absolute Gasteiger partial charge is 0.301 e. The Balaban J connectivity index is 2.13. The molecule has 0 amide bonds. The van der Waals surface area contributed by atoms with Crippen molar-refractivity contribution >= 4 is 0 Å². The molecule has 4 heteroatoms. The number of benzene rings is 1. The van der Waals surface area contributed by atoms with Crippen LogP contribution >= 0.6 is 0 Å². The highest BCUT2D eigenvalue weighted by Crippen LogP contribution is 2.29. The monoisotopic (exact) mass is 245 g/mol. The molecule has 0 fully saturated rings. The average Bonchev–Trinajstić information content (AvgIpc) is 2.73. The molecule has 0 radical (unpaired) electrons. The van der Waals surface area contributed by atoms with Gasteiger partial charge in [0.25, 0.3) is 0 Å². The van der Waals surface area contributed by atoms with Crippen LogP contribution in [0.25, 0.3) is 5.69 Å². The minimum atomic E-state index is -0.227. The fourth-order valence-corrected chi connectivity index (χ4v) is 2.76. The van der Waals surface area contributed by atoms with Gasteiger partial charge in [-0.1, -0.05) is 19.1 Å². The van der Waals surface area contributed by atoms with E-state index in [9.17, 15) is 4.39 Å². The summed E-state index contributed by atoms with van der Waals surface area (Å²) >= 11 is 0. The number of nitrogens with zero attached hydrogens (tertiary/aromatic N) is 3. The van der Waals surface area contributed by atoms with Gasteiger partial charge in [0.2, 0.25) is 0 Å². The van der Waals surface area contributed by atoms with Crippen molar-refractivity contribution in [3.63, 3.8) is 0 Å². The number of rotatable bonds is 1. The molecule has 2 heterocycles. The molecule has 1 aliphatic rings. The number of halogens is 1. The first-order valence-electron chi connectivity index (χ1n) is 6.17. The third-order valence-corrected chi connectivity index (χ3v) is 3.46. The lowest BCUT2D eigenvalue weighted by Gasteiger charge is -2.28. The first-order valence-corrected chi connectivity index (χ1v) is 6.17. The first-order chi connectivity index (χ1) is 8.66. The van der Waals surface area contributed by atoms with Gasteiger partial charge in [0.1, 0.15) is 11.5 Å². The van der Waals surface area contributed by atoms with Gasteiger partial charge in [0.05, 0.1) is 11.9 Å². The molecule has 94 valence electrons. The van der Waals surface area contributed by atoms with Gasteiger partial charge < -0.3 is 4.90 Å². The van der Waals surface area contributed by atoms with E-state index in [-0.39, 0.29) is 5.82 Å². The fourth-order valence-electron chi connectivity index (χ4n) is 2.76. The summed E-state index contributed by atoms with van der Waals surface area (Å²) in [5.41, 5.74) is 2.87. The predicted octanol–water partition coefficient (Wildman–Crippen LogP) is 2.56. The van der Waals surface area contributed by atoms with E-state index in [1.54, 1.807) is 16.8 Å². The molecule has 0 N–H and O–H groups in total. The van der Waals surface area contributed by atoms with Gasteiger partial charge in [0, 0.05) is 24.6 Å².